The molecule has 0 saturated carbocycles. The highest BCUT2D eigenvalue weighted by Crippen LogP contribution is 2.45. The van der Waals surface area contributed by atoms with Gasteiger partial charge in [0.25, 0.3) is 0 Å². The van der Waals surface area contributed by atoms with E-state index in [0.29, 0.717) is 0 Å². The van der Waals surface area contributed by atoms with Crippen molar-refractivity contribution in [1.29, 1.82) is 0 Å². The van der Waals surface area contributed by atoms with Gasteiger partial charge in [0.2, 0.25) is 0 Å². The zero-order valence-corrected chi connectivity index (χ0v) is 32.6. The molecular weight excluding hydrogens is 733 g/mol. The molecule has 0 amide bonds. The van der Waals surface area contributed by atoms with Crippen molar-refractivity contribution in [3.05, 3.63) is 194 Å². The highest BCUT2D eigenvalue weighted by molar-refractivity contribution is 7.25. The Hall–Kier alpha value is -7.46. The number of hydrogen-bond donors (Lipinski definition) is 0. The van der Waals surface area contributed by atoms with Crippen molar-refractivity contribution in [3.8, 4) is 45.0 Å². The molecule has 13 aromatic rings. The summed E-state index contributed by atoms with van der Waals surface area (Å²) in [5.41, 5.74) is 7.31. The Labute approximate surface area is 343 Å². The fourth-order valence-electron chi connectivity index (χ4n) is 9.63. The molecule has 0 saturated heterocycles. The Morgan fingerprint density at radius 1 is 0.271 bits per heavy atom. The lowest BCUT2D eigenvalue weighted by molar-refractivity contribution is 1.18. The second-order valence-corrected chi connectivity index (χ2v) is 16.8. The summed E-state index contributed by atoms with van der Waals surface area (Å²) in [7, 11) is 0. The third-order valence-corrected chi connectivity index (χ3v) is 13.5. The SMILES string of the molecule is c1ccc(-c2nc(-c3ccc(-c4cc5ccc6cccc7c8cccc9ccc%10cccc(c(c4)c5c67)c%10c98)cc3)cc(-c3ccc4c(c3)sc3ccccc34)n2)cc1. The summed E-state index contributed by atoms with van der Waals surface area (Å²) in [5.74, 6) is 0.719. The van der Waals surface area contributed by atoms with Gasteiger partial charge in [0.1, 0.15) is 0 Å². The molecule has 0 bridgehead atoms. The van der Waals surface area contributed by atoms with Crippen molar-refractivity contribution < 1.29 is 0 Å². The van der Waals surface area contributed by atoms with E-state index in [0.717, 1.165) is 33.9 Å². The van der Waals surface area contributed by atoms with Crippen LogP contribution in [0, 0.1) is 0 Å². The van der Waals surface area contributed by atoms with Gasteiger partial charge < -0.3 is 0 Å². The molecule has 2 heterocycles. The molecule has 0 aliphatic rings. The van der Waals surface area contributed by atoms with Crippen LogP contribution >= 0.6 is 11.3 Å². The van der Waals surface area contributed by atoms with Gasteiger partial charge in [0.15, 0.2) is 5.82 Å². The zero-order valence-electron chi connectivity index (χ0n) is 31.8. The maximum Gasteiger partial charge on any atom is 0.160 e. The fraction of sp³-hybridized carbons (Fsp3) is 0. The molecule has 0 unspecified atom stereocenters. The molecule has 3 heteroatoms. The van der Waals surface area contributed by atoms with Crippen molar-refractivity contribution in [2.24, 2.45) is 0 Å². The number of rotatable bonds is 4. The Morgan fingerprint density at radius 2 is 0.797 bits per heavy atom. The van der Waals surface area contributed by atoms with Crippen LogP contribution in [0.25, 0.3) is 130 Å². The predicted octanol–water partition coefficient (Wildman–Crippen LogP) is 15.9. The van der Waals surface area contributed by atoms with E-state index in [9.17, 15) is 0 Å². The summed E-state index contributed by atoms with van der Waals surface area (Å²) in [6, 6.07) is 71.0. The van der Waals surface area contributed by atoms with Crippen molar-refractivity contribution >= 4 is 96.1 Å². The van der Waals surface area contributed by atoms with Gasteiger partial charge in [-0.05, 0) is 106 Å². The van der Waals surface area contributed by atoms with Crippen molar-refractivity contribution in [3.63, 3.8) is 0 Å². The number of fused-ring (bicyclic) bond motifs is 5. The van der Waals surface area contributed by atoms with Gasteiger partial charge in [0.05, 0.1) is 11.4 Å². The summed E-state index contributed by atoms with van der Waals surface area (Å²) in [6.07, 6.45) is 0. The van der Waals surface area contributed by atoms with Gasteiger partial charge in [-0.2, -0.15) is 0 Å². The van der Waals surface area contributed by atoms with Crippen LogP contribution < -0.4 is 0 Å². The van der Waals surface area contributed by atoms with Crippen molar-refractivity contribution in [2.45, 2.75) is 0 Å². The third-order valence-electron chi connectivity index (χ3n) is 12.4. The van der Waals surface area contributed by atoms with Crippen LogP contribution in [0.5, 0.6) is 0 Å². The van der Waals surface area contributed by atoms with Gasteiger partial charge >= 0.3 is 0 Å². The van der Waals surface area contributed by atoms with Gasteiger partial charge in [-0.1, -0.05) is 164 Å². The number of aromatic nitrogens is 2. The summed E-state index contributed by atoms with van der Waals surface area (Å²) in [4.78, 5) is 10.3. The summed E-state index contributed by atoms with van der Waals surface area (Å²) < 4.78 is 2.56. The summed E-state index contributed by atoms with van der Waals surface area (Å²) in [6.45, 7) is 0. The standard InChI is InChI=1S/C56H32N2S/c1-2-9-38(10-3-1)56-57-48(32-49(58-56)39-27-28-43-42-14-4-5-18-50(42)59-51(43)31-39)34-21-19-33(20-22-34)41-29-40-26-25-37-12-7-16-45-44-15-6-11-35-23-24-36-13-8-17-46(54(36)52(35)44)47(30-41)55(40)53(37)45/h1-32H. The van der Waals surface area contributed by atoms with Crippen LogP contribution in [0.4, 0.5) is 0 Å². The van der Waals surface area contributed by atoms with E-state index in [1.54, 1.807) is 0 Å². The Morgan fingerprint density at radius 3 is 1.49 bits per heavy atom. The number of thiophene rings is 1. The predicted molar refractivity (Wildman–Crippen MR) is 253 cm³/mol. The maximum absolute atomic E-state index is 5.17. The molecule has 2 nitrogen and oxygen atoms in total. The average molecular weight is 765 g/mol. The first-order chi connectivity index (χ1) is 29.2. The van der Waals surface area contributed by atoms with Crippen molar-refractivity contribution in [1.82, 2.24) is 9.97 Å². The maximum atomic E-state index is 5.17. The average Bonchev–Trinajstić information content (AvgIpc) is 3.68. The smallest absolute Gasteiger partial charge is 0.160 e. The van der Waals surface area contributed by atoms with E-state index >= 15 is 0 Å². The highest BCUT2D eigenvalue weighted by atomic mass is 32.1. The van der Waals surface area contributed by atoms with Crippen LogP contribution in [-0.4, -0.2) is 9.97 Å². The molecule has 59 heavy (non-hydrogen) atoms. The molecule has 0 aliphatic carbocycles. The van der Waals surface area contributed by atoms with Gasteiger partial charge in [0, 0.05) is 36.9 Å². The van der Waals surface area contributed by atoms with Crippen LogP contribution in [0.1, 0.15) is 0 Å². The monoisotopic (exact) mass is 764 g/mol. The van der Waals surface area contributed by atoms with Gasteiger partial charge in [-0.3, -0.25) is 0 Å². The first kappa shape index (κ1) is 32.6. The first-order valence-electron chi connectivity index (χ1n) is 20.1. The Kier molecular flexibility index (Phi) is 6.92. The van der Waals surface area contributed by atoms with Crippen molar-refractivity contribution in [2.75, 3.05) is 0 Å². The third kappa shape index (κ3) is 4.99. The molecule has 2 aromatic heterocycles. The molecule has 0 atom stereocenters. The molecule has 11 aromatic carbocycles. The molecule has 0 spiro atoms. The molecule has 0 radical (unpaired) electrons. The van der Waals surface area contributed by atoms with E-state index in [4.69, 9.17) is 9.97 Å². The molecular formula is C56H32N2S. The molecule has 272 valence electrons. The quantitative estimate of drug-likeness (QED) is 0.167. The minimum Gasteiger partial charge on any atom is -0.228 e. The number of nitrogens with zero attached hydrogens (tertiary/aromatic N) is 2. The Bertz CT molecular complexity index is 3820. The highest BCUT2D eigenvalue weighted by Gasteiger charge is 2.17. The summed E-state index contributed by atoms with van der Waals surface area (Å²) >= 11 is 1.83. The first-order valence-corrected chi connectivity index (χ1v) is 21.0. The topological polar surface area (TPSA) is 25.8 Å². The van der Waals surface area contributed by atoms with Gasteiger partial charge in [-0.25, -0.2) is 9.97 Å². The number of hydrogen-bond acceptors (Lipinski definition) is 3. The largest absolute Gasteiger partial charge is 0.228 e. The van der Waals surface area contributed by atoms with Crippen LogP contribution in [0.15, 0.2) is 194 Å². The zero-order chi connectivity index (χ0) is 38.6. The van der Waals surface area contributed by atoms with Crippen LogP contribution in [0.3, 0.4) is 0 Å². The minimum absolute atomic E-state index is 0.719. The lowest BCUT2D eigenvalue weighted by Gasteiger charge is -2.17. The normalized spacial score (nSPS) is 12.1. The fourth-order valence-corrected chi connectivity index (χ4v) is 10.8. The van der Waals surface area contributed by atoms with E-state index in [1.807, 2.05) is 29.5 Å². The lowest BCUT2D eigenvalue weighted by Crippen LogP contribution is -1.96. The lowest BCUT2D eigenvalue weighted by atomic mass is 9.86. The number of benzene rings is 10. The second kappa shape index (κ2) is 12.5. The minimum atomic E-state index is 0.719. The molecule has 0 aliphatic heterocycles. The van der Waals surface area contributed by atoms with Gasteiger partial charge in [-0.15, -0.1) is 11.3 Å². The van der Waals surface area contributed by atoms with Crippen LogP contribution in [-0.2, 0) is 0 Å². The Balaban J connectivity index is 0.996. The molecule has 0 fully saturated rings. The second-order valence-electron chi connectivity index (χ2n) is 15.7. The van der Waals surface area contributed by atoms with E-state index < -0.39 is 0 Å². The van der Waals surface area contributed by atoms with E-state index in [-0.39, 0.29) is 0 Å². The van der Waals surface area contributed by atoms with Crippen LogP contribution in [0.2, 0.25) is 0 Å². The molecule has 0 N–H and O–H groups in total. The van der Waals surface area contributed by atoms with E-state index in [2.05, 4.69) is 176 Å². The molecule has 13 rings (SSSR count). The summed E-state index contributed by atoms with van der Waals surface area (Å²) in [5, 5.41) is 18.0. The van der Waals surface area contributed by atoms with E-state index in [1.165, 1.54) is 95.9 Å².